The zero-order chi connectivity index (χ0) is 17.5. The fourth-order valence-corrected chi connectivity index (χ4v) is 3.11. The number of amides is 1. The number of nitrogens with zero attached hydrogens (tertiary/aromatic N) is 1. The summed E-state index contributed by atoms with van der Waals surface area (Å²) < 4.78 is 5.49. The van der Waals surface area contributed by atoms with Gasteiger partial charge in [-0.15, -0.1) is 0 Å². The average molecular weight is 338 g/mol. The molecule has 0 atom stereocenters. The molecule has 1 aliphatic rings. The minimum Gasteiger partial charge on any atom is -0.484 e. The summed E-state index contributed by atoms with van der Waals surface area (Å²) in [6.07, 6.45) is 2.07. The number of ether oxygens (including phenoxy) is 1. The second-order valence-electron chi connectivity index (χ2n) is 6.60. The predicted octanol–water partition coefficient (Wildman–Crippen LogP) is 2.94. The summed E-state index contributed by atoms with van der Waals surface area (Å²) in [6, 6.07) is 16.4. The Balaban J connectivity index is 1.31. The van der Waals surface area contributed by atoms with Crippen molar-refractivity contribution in [1.82, 2.24) is 10.2 Å². The van der Waals surface area contributed by atoms with Crippen molar-refractivity contribution in [3.63, 3.8) is 0 Å². The van der Waals surface area contributed by atoms with E-state index >= 15 is 0 Å². The number of fused-ring (bicyclic) bond motifs is 1. The van der Waals surface area contributed by atoms with Crippen LogP contribution in [0.25, 0.3) is 0 Å². The SMILES string of the molecule is Cc1ccc(OCC(=O)NCCCN2CCc3ccccc3C2)cc1. The van der Waals surface area contributed by atoms with Crippen LogP contribution in [0.15, 0.2) is 48.5 Å². The zero-order valence-electron chi connectivity index (χ0n) is 14.8. The average Bonchev–Trinajstić information content (AvgIpc) is 2.64. The van der Waals surface area contributed by atoms with Gasteiger partial charge in [0.25, 0.3) is 5.91 Å². The summed E-state index contributed by atoms with van der Waals surface area (Å²) in [7, 11) is 0. The molecule has 4 nitrogen and oxygen atoms in total. The Morgan fingerprint density at radius 2 is 1.88 bits per heavy atom. The Labute approximate surface area is 149 Å². The number of aryl methyl sites for hydroxylation is 1. The Morgan fingerprint density at radius 1 is 1.12 bits per heavy atom. The maximum Gasteiger partial charge on any atom is 0.257 e. The third-order valence-corrected chi connectivity index (χ3v) is 4.57. The molecular formula is C21H26N2O2. The van der Waals surface area contributed by atoms with E-state index in [0.717, 1.165) is 38.2 Å². The lowest BCUT2D eigenvalue weighted by Crippen LogP contribution is -2.34. The summed E-state index contributed by atoms with van der Waals surface area (Å²) in [4.78, 5) is 14.3. The van der Waals surface area contributed by atoms with Gasteiger partial charge in [-0.05, 0) is 43.0 Å². The molecule has 0 spiro atoms. The van der Waals surface area contributed by atoms with Crippen molar-refractivity contribution in [2.24, 2.45) is 0 Å². The fraction of sp³-hybridized carbons (Fsp3) is 0.381. The first kappa shape index (κ1) is 17.5. The van der Waals surface area contributed by atoms with Gasteiger partial charge in [-0.2, -0.15) is 0 Å². The quantitative estimate of drug-likeness (QED) is 0.789. The van der Waals surface area contributed by atoms with Gasteiger partial charge in [-0.25, -0.2) is 0 Å². The Bertz CT molecular complexity index is 697. The van der Waals surface area contributed by atoms with E-state index in [1.807, 2.05) is 31.2 Å². The van der Waals surface area contributed by atoms with Crippen LogP contribution in [0.1, 0.15) is 23.1 Å². The number of carbonyl (C=O) groups excluding carboxylic acids is 1. The van der Waals surface area contributed by atoms with E-state index in [1.54, 1.807) is 0 Å². The second-order valence-corrected chi connectivity index (χ2v) is 6.60. The molecule has 0 fully saturated rings. The molecular weight excluding hydrogens is 312 g/mol. The highest BCUT2D eigenvalue weighted by atomic mass is 16.5. The molecule has 1 N–H and O–H groups in total. The highest BCUT2D eigenvalue weighted by Crippen LogP contribution is 2.18. The smallest absolute Gasteiger partial charge is 0.257 e. The van der Waals surface area contributed by atoms with Crippen molar-refractivity contribution in [3.05, 3.63) is 65.2 Å². The lowest BCUT2D eigenvalue weighted by molar-refractivity contribution is -0.123. The molecule has 2 aromatic carbocycles. The predicted molar refractivity (Wildman–Crippen MR) is 99.7 cm³/mol. The second kappa shape index (κ2) is 8.67. The van der Waals surface area contributed by atoms with E-state index < -0.39 is 0 Å². The first-order chi connectivity index (χ1) is 12.2. The minimum atomic E-state index is -0.0652. The van der Waals surface area contributed by atoms with Gasteiger partial charge in [0.05, 0.1) is 0 Å². The van der Waals surface area contributed by atoms with E-state index in [1.165, 1.54) is 16.7 Å². The van der Waals surface area contributed by atoms with E-state index in [9.17, 15) is 4.79 Å². The van der Waals surface area contributed by atoms with Crippen LogP contribution in [0.5, 0.6) is 5.75 Å². The third kappa shape index (κ3) is 5.33. The first-order valence-corrected chi connectivity index (χ1v) is 8.96. The van der Waals surface area contributed by atoms with Crippen molar-refractivity contribution in [2.45, 2.75) is 26.3 Å². The maximum absolute atomic E-state index is 11.8. The summed E-state index contributed by atoms with van der Waals surface area (Å²) in [5.41, 5.74) is 4.08. The van der Waals surface area contributed by atoms with Gasteiger partial charge in [0.2, 0.25) is 0 Å². The summed E-state index contributed by atoms with van der Waals surface area (Å²) in [5.74, 6) is 0.664. The molecule has 0 aromatic heterocycles. The van der Waals surface area contributed by atoms with Gasteiger partial charge in [0.15, 0.2) is 6.61 Å². The number of hydrogen-bond acceptors (Lipinski definition) is 3. The molecule has 0 aliphatic carbocycles. The number of benzene rings is 2. The fourth-order valence-electron chi connectivity index (χ4n) is 3.11. The van der Waals surface area contributed by atoms with E-state index in [0.29, 0.717) is 6.54 Å². The third-order valence-electron chi connectivity index (χ3n) is 4.57. The zero-order valence-corrected chi connectivity index (χ0v) is 14.8. The number of hydrogen-bond donors (Lipinski definition) is 1. The number of rotatable bonds is 7. The molecule has 0 unspecified atom stereocenters. The molecule has 2 aromatic rings. The van der Waals surface area contributed by atoms with Crippen molar-refractivity contribution >= 4 is 5.91 Å². The lowest BCUT2D eigenvalue weighted by Gasteiger charge is -2.28. The Hall–Kier alpha value is -2.33. The highest BCUT2D eigenvalue weighted by Gasteiger charge is 2.14. The van der Waals surface area contributed by atoms with Crippen LogP contribution >= 0.6 is 0 Å². The van der Waals surface area contributed by atoms with Crippen LogP contribution in [0, 0.1) is 6.92 Å². The molecule has 25 heavy (non-hydrogen) atoms. The van der Waals surface area contributed by atoms with Gasteiger partial charge in [-0.3, -0.25) is 9.69 Å². The molecule has 0 saturated carbocycles. The van der Waals surface area contributed by atoms with Crippen molar-refractivity contribution in [3.8, 4) is 5.75 Å². The molecule has 132 valence electrons. The van der Waals surface area contributed by atoms with Crippen LogP contribution in [0.3, 0.4) is 0 Å². The van der Waals surface area contributed by atoms with E-state index in [4.69, 9.17) is 4.74 Å². The van der Waals surface area contributed by atoms with Crippen LogP contribution in [-0.2, 0) is 17.8 Å². The standard InChI is InChI=1S/C21H26N2O2/c1-17-7-9-20(10-8-17)25-16-21(24)22-12-4-13-23-14-11-18-5-2-3-6-19(18)15-23/h2-3,5-10H,4,11-16H2,1H3,(H,22,24). The molecule has 1 aliphatic heterocycles. The van der Waals surface area contributed by atoms with E-state index in [2.05, 4.69) is 34.5 Å². The number of nitrogens with one attached hydrogen (secondary N) is 1. The van der Waals surface area contributed by atoms with Crippen molar-refractivity contribution < 1.29 is 9.53 Å². The van der Waals surface area contributed by atoms with Gasteiger partial charge in [0.1, 0.15) is 5.75 Å². The normalized spacial score (nSPS) is 14.0. The molecule has 0 bridgehead atoms. The summed E-state index contributed by atoms with van der Waals surface area (Å²) in [5, 5.41) is 2.93. The first-order valence-electron chi connectivity index (χ1n) is 8.96. The van der Waals surface area contributed by atoms with Crippen LogP contribution in [-0.4, -0.2) is 37.0 Å². The van der Waals surface area contributed by atoms with E-state index in [-0.39, 0.29) is 12.5 Å². The largest absolute Gasteiger partial charge is 0.484 e. The Morgan fingerprint density at radius 3 is 2.68 bits per heavy atom. The molecule has 1 heterocycles. The lowest BCUT2D eigenvalue weighted by atomic mass is 10.00. The summed E-state index contributed by atoms with van der Waals surface area (Å²) >= 11 is 0. The van der Waals surface area contributed by atoms with Crippen molar-refractivity contribution in [1.29, 1.82) is 0 Å². The molecule has 1 amide bonds. The minimum absolute atomic E-state index is 0.0652. The maximum atomic E-state index is 11.8. The van der Waals surface area contributed by atoms with Gasteiger partial charge in [0, 0.05) is 26.2 Å². The monoisotopic (exact) mass is 338 g/mol. The molecule has 3 rings (SSSR count). The molecule has 0 radical (unpaired) electrons. The summed E-state index contributed by atoms with van der Waals surface area (Å²) in [6.45, 7) is 5.90. The molecule has 4 heteroatoms. The number of carbonyl (C=O) groups is 1. The van der Waals surface area contributed by atoms with Crippen LogP contribution in [0.4, 0.5) is 0 Å². The topological polar surface area (TPSA) is 41.6 Å². The van der Waals surface area contributed by atoms with Gasteiger partial charge < -0.3 is 10.1 Å². The van der Waals surface area contributed by atoms with Crippen LogP contribution < -0.4 is 10.1 Å². The van der Waals surface area contributed by atoms with Crippen LogP contribution in [0.2, 0.25) is 0 Å². The van der Waals surface area contributed by atoms with Gasteiger partial charge in [-0.1, -0.05) is 42.0 Å². The van der Waals surface area contributed by atoms with Crippen molar-refractivity contribution in [2.75, 3.05) is 26.2 Å². The van der Waals surface area contributed by atoms with Gasteiger partial charge >= 0.3 is 0 Å². The highest BCUT2D eigenvalue weighted by molar-refractivity contribution is 5.77. The molecule has 0 saturated heterocycles. The Kier molecular flexibility index (Phi) is 6.07.